The minimum absolute atomic E-state index is 0.00866. The normalized spacial score (nSPS) is 13.8. The van der Waals surface area contributed by atoms with Crippen molar-refractivity contribution in [1.29, 1.82) is 0 Å². The second kappa shape index (κ2) is 10.7. The number of hydrogen-bond acceptors (Lipinski definition) is 8. The summed E-state index contributed by atoms with van der Waals surface area (Å²) in [6.45, 7) is 1.12. The van der Waals surface area contributed by atoms with Crippen molar-refractivity contribution in [2.24, 2.45) is 0 Å². The quantitative estimate of drug-likeness (QED) is 0.353. The van der Waals surface area contributed by atoms with Gasteiger partial charge in [0.1, 0.15) is 17.5 Å². The predicted octanol–water partition coefficient (Wildman–Crippen LogP) is 3.19. The highest BCUT2D eigenvalue weighted by Crippen LogP contribution is 2.31. The molecule has 1 fully saturated rings. The summed E-state index contributed by atoms with van der Waals surface area (Å²) in [6.07, 6.45) is 2.32. The number of carbonyl (C=O) groups excluding carboxylic acids is 2. The van der Waals surface area contributed by atoms with Crippen LogP contribution in [-0.2, 0) is 21.2 Å². The van der Waals surface area contributed by atoms with E-state index in [0.717, 1.165) is 23.8 Å². The Bertz CT molecular complexity index is 1750. The summed E-state index contributed by atoms with van der Waals surface area (Å²) in [4.78, 5) is 37.0. The summed E-state index contributed by atoms with van der Waals surface area (Å²) < 4.78 is 39.4. The van der Waals surface area contributed by atoms with Crippen molar-refractivity contribution < 1.29 is 22.4 Å². The molecule has 1 saturated heterocycles. The van der Waals surface area contributed by atoms with E-state index in [4.69, 9.17) is 17.3 Å². The summed E-state index contributed by atoms with van der Waals surface area (Å²) in [5.41, 5.74) is 7.19. The number of benzene rings is 2. The number of hydrogen-bond donors (Lipinski definition) is 2. The van der Waals surface area contributed by atoms with Crippen molar-refractivity contribution in [2.75, 3.05) is 41.4 Å². The number of aromatic nitrogens is 2. The number of halogens is 2. The monoisotopic (exact) mass is 582 g/mol. The van der Waals surface area contributed by atoms with Gasteiger partial charge in [-0.2, -0.15) is 0 Å². The smallest absolute Gasteiger partial charge is 0.260 e. The van der Waals surface area contributed by atoms with Gasteiger partial charge in [0.15, 0.2) is 9.84 Å². The largest absolute Gasteiger partial charge is 0.382 e. The Kier molecular flexibility index (Phi) is 7.30. The highest BCUT2D eigenvalue weighted by Gasteiger charge is 2.26. The number of amides is 2. The first-order valence-corrected chi connectivity index (χ1v) is 14.4. The lowest BCUT2D eigenvalue weighted by Gasteiger charge is -2.28. The van der Waals surface area contributed by atoms with Crippen LogP contribution in [0.1, 0.15) is 15.9 Å². The minimum atomic E-state index is -3.92. The van der Waals surface area contributed by atoms with E-state index < -0.39 is 21.6 Å². The number of nitrogen functional groups attached to an aromatic ring is 1. The molecule has 2 amide bonds. The number of piperazine rings is 1. The molecular formula is C27H24ClFN6O4S. The van der Waals surface area contributed by atoms with Crippen molar-refractivity contribution >= 4 is 61.5 Å². The minimum Gasteiger partial charge on any atom is -0.382 e. The van der Waals surface area contributed by atoms with E-state index in [-0.39, 0.29) is 41.0 Å². The van der Waals surface area contributed by atoms with Crippen molar-refractivity contribution in [3.63, 3.8) is 0 Å². The van der Waals surface area contributed by atoms with Crippen LogP contribution >= 0.6 is 11.6 Å². The average molecular weight is 583 g/mol. The van der Waals surface area contributed by atoms with Crippen LogP contribution in [0.15, 0.2) is 65.7 Å². The first kappa shape index (κ1) is 27.3. The zero-order valence-corrected chi connectivity index (χ0v) is 22.8. The van der Waals surface area contributed by atoms with Crippen LogP contribution in [0.3, 0.4) is 0 Å². The maximum absolute atomic E-state index is 14.1. The highest BCUT2D eigenvalue weighted by molar-refractivity contribution is 7.90. The van der Waals surface area contributed by atoms with Crippen molar-refractivity contribution in [3.05, 3.63) is 82.8 Å². The summed E-state index contributed by atoms with van der Waals surface area (Å²) in [5, 5.41) is 3.78. The molecular weight excluding hydrogens is 559 g/mol. The zero-order valence-electron chi connectivity index (χ0n) is 21.3. The summed E-state index contributed by atoms with van der Waals surface area (Å²) >= 11 is 6.09. The number of fused-ring (bicyclic) bond motifs is 1. The SMILES string of the molecule is CS(=O)(=O)c1cc(F)ccc1N(Cc1ccc2cc(Cl)c(N)nc2c1)C(=O)c1ccc(N2CCNC(=O)C2)nc1. The maximum Gasteiger partial charge on any atom is 0.260 e. The Morgan fingerprint density at radius 3 is 2.67 bits per heavy atom. The Hall–Kier alpha value is -4.29. The number of anilines is 3. The van der Waals surface area contributed by atoms with Crippen LogP contribution in [0.4, 0.5) is 21.7 Å². The molecule has 0 bridgehead atoms. The Balaban J connectivity index is 1.55. The summed E-state index contributed by atoms with van der Waals surface area (Å²) in [6, 6.07) is 13.3. The lowest BCUT2D eigenvalue weighted by Crippen LogP contribution is -2.48. The number of carbonyl (C=O) groups is 2. The van der Waals surface area contributed by atoms with Gasteiger partial charge in [0.25, 0.3) is 5.91 Å². The second-order valence-electron chi connectivity index (χ2n) is 9.33. The van der Waals surface area contributed by atoms with Gasteiger partial charge in [-0.25, -0.2) is 22.8 Å². The van der Waals surface area contributed by atoms with E-state index >= 15 is 0 Å². The molecule has 10 nitrogen and oxygen atoms in total. The van der Waals surface area contributed by atoms with Gasteiger partial charge in [-0.05, 0) is 48.0 Å². The van der Waals surface area contributed by atoms with Gasteiger partial charge in [0.2, 0.25) is 5.91 Å². The summed E-state index contributed by atoms with van der Waals surface area (Å²) in [5.74, 6) is -0.771. The van der Waals surface area contributed by atoms with Crippen LogP contribution in [0.25, 0.3) is 10.9 Å². The molecule has 0 atom stereocenters. The molecule has 2 aromatic carbocycles. The Labute approximate surface area is 234 Å². The molecule has 1 aliphatic rings. The van der Waals surface area contributed by atoms with Gasteiger partial charge in [-0.1, -0.05) is 23.7 Å². The average Bonchev–Trinajstić information content (AvgIpc) is 2.92. The third-order valence-electron chi connectivity index (χ3n) is 6.42. The third kappa shape index (κ3) is 5.68. The fraction of sp³-hybridized carbons (Fsp3) is 0.185. The van der Waals surface area contributed by atoms with E-state index in [1.165, 1.54) is 17.2 Å². The van der Waals surface area contributed by atoms with Gasteiger partial charge >= 0.3 is 0 Å². The lowest BCUT2D eigenvalue weighted by molar-refractivity contribution is -0.120. The van der Waals surface area contributed by atoms with Crippen LogP contribution in [0, 0.1) is 5.82 Å². The molecule has 0 unspecified atom stereocenters. The van der Waals surface area contributed by atoms with E-state index in [1.54, 1.807) is 41.3 Å². The molecule has 0 saturated carbocycles. The fourth-order valence-corrected chi connectivity index (χ4v) is 5.49. The third-order valence-corrected chi connectivity index (χ3v) is 7.85. The summed E-state index contributed by atoms with van der Waals surface area (Å²) in [7, 11) is -3.92. The van der Waals surface area contributed by atoms with Gasteiger partial charge in [0, 0.05) is 30.9 Å². The van der Waals surface area contributed by atoms with Crippen LogP contribution in [0.5, 0.6) is 0 Å². The van der Waals surface area contributed by atoms with Crippen molar-refractivity contribution in [3.8, 4) is 0 Å². The molecule has 3 N–H and O–H groups in total. The Morgan fingerprint density at radius 1 is 1.18 bits per heavy atom. The lowest BCUT2D eigenvalue weighted by atomic mass is 10.1. The highest BCUT2D eigenvalue weighted by atomic mass is 35.5. The molecule has 2 aromatic heterocycles. The molecule has 0 aliphatic carbocycles. The van der Waals surface area contributed by atoms with Crippen LogP contribution < -0.4 is 20.9 Å². The van der Waals surface area contributed by atoms with E-state index in [0.29, 0.717) is 35.0 Å². The van der Waals surface area contributed by atoms with Gasteiger partial charge in [-0.3, -0.25) is 9.59 Å². The van der Waals surface area contributed by atoms with E-state index in [1.807, 2.05) is 0 Å². The van der Waals surface area contributed by atoms with Gasteiger partial charge in [0.05, 0.1) is 39.8 Å². The molecule has 0 radical (unpaired) electrons. The number of nitrogens with two attached hydrogens (primary N) is 1. The molecule has 0 spiro atoms. The predicted molar refractivity (Wildman–Crippen MR) is 151 cm³/mol. The fourth-order valence-electron chi connectivity index (χ4n) is 4.45. The number of pyridine rings is 2. The van der Waals surface area contributed by atoms with Gasteiger partial charge < -0.3 is 20.9 Å². The molecule has 13 heteroatoms. The number of sulfone groups is 1. The number of nitrogens with one attached hydrogen (secondary N) is 1. The standard InChI is InChI=1S/C27H24ClFN6O4S/c1-40(38,39)23-12-19(29)5-6-22(23)35(14-16-2-3-17-11-20(28)26(30)33-21(17)10-16)27(37)18-4-7-24(32-13-18)34-9-8-31-25(36)15-34/h2-7,10-13H,8-9,14-15H2,1H3,(H2,30,33)(H,31,36). The maximum atomic E-state index is 14.1. The van der Waals surface area contributed by atoms with Crippen LogP contribution in [0.2, 0.25) is 5.02 Å². The number of nitrogens with zero attached hydrogens (tertiary/aromatic N) is 4. The molecule has 3 heterocycles. The second-order valence-corrected chi connectivity index (χ2v) is 11.7. The topological polar surface area (TPSA) is 139 Å². The molecule has 4 aromatic rings. The molecule has 206 valence electrons. The zero-order chi connectivity index (χ0) is 28.6. The number of rotatable bonds is 6. The first-order chi connectivity index (χ1) is 19.0. The molecule has 1 aliphatic heterocycles. The van der Waals surface area contributed by atoms with Crippen molar-refractivity contribution in [1.82, 2.24) is 15.3 Å². The van der Waals surface area contributed by atoms with Crippen LogP contribution in [-0.4, -0.2) is 56.1 Å². The van der Waals surface area contributed by atoms with Crippen molar-refractivity contribution in [2.45, 2.75) is 11.4 Å². The first-order valence-electron chi connectivity index (χ1n) is 12.1. The van der Waals surface area contributed by atoms with E-state index in [2.05, 4.69) is 15.3 Å². The van der Waals surface area contributed by atoms with Gasteiger partial charge in [-0.15, -0.1) is 0 Å². The molecule has 5 rings (SSSR count). The Morgan fingerprint density at radius 2 is 1.98 bits per heavy atom. The molecule has 40 heavy (non-hydrogen) atoms. The van der Waals surface area contributed by atoms with E-state index in [9.17, 15) is 22.4 Å².